The van der Waals surface area contributed by atoms with Crippen molar-refractivity contribution in [3.8, 4) is 23.0 Å². The van der Waals surface area contributed by atoms with Crippen molar-refractivity contribution < 1.29 is 19.3 Å². The summed E-state index contributed by atoms with van der Waals surface area (Å²) in [5.41, 5.74) is 3.70. The Morgan fingerprint density at radius 2 is 1.74 bits per heavy atom. The maximum Gasteiger partial charge on any atom is 0.133 e. The Bertz CT molecular complexity index is 719. The van der Waals surface area contributed by atoms with E-state index in [1.54, 1.807) is 14.2 Å². The molecule has 0 spiro atoms. The molecule has 2 aromatic rings. The first-order valence-electron chi connectivity index (χ1n) is 7.76. The molecule has 2 aromatic carbocycles. The van der Waals surface area contributed by atoms with Crippen LogP contribution in [0.5, 0.6) is 23.0 Å². The van der Waals surface area contributed by atoms with E-state index in [0.29, 0.717) is 5.75 Å². The van der Waals surface area contributed by atoms with Crippen molar-refractivity contribution in [3.05, 3.63) is 46.5 Å². The minimum absolute atomic E-state index is 0.0288. The van der Waals surface area contributed by atoms with E-state index in [-0.39, 0.29) is 11.9 Å². The highest BCUT2D eigenvalue weighted by Crippen LogP contribution is 2.47. The van der Waals surface area contributed by atoms with Gasteiger partial charge in [0.2, 0.25) is 0 Å². The third-order valence-electron chi connectivity index (χ3n) is 4.55. The van der Waals surface area contributed by atoms with Crippen molar-refractivity contribution in [1.82, 2.24) is 0 Å². The fraction of sp³-hybridized carbons (Fsp3) is 0.368. The van der Waals surface area contributed by atoms with Crippen molar-refractivity contribution >= 4 is 0 Å². The summed E-state index contributed by atoms with van der Waals surface area (Å²) in [7, 11) is 3.27. The first kappa shape index (κ1) is 15.5. The summed E-state index contributed by atoms with van der Waals surface area (Å²) in [5.74, 6) is 2.56. The highest BCUT2D eigenvalue weighted by atomic mass is 16.5. The Hall–Kier alpha value is -2.36. The van der Waals surface area contributed by atoms with Crippen molar-refractivity contribution in [1.29, 1.82) is 0 Å². The summed E-state index contributed by atoms with van der Waals surface area (Å²) in [6.07, 6.45) is 1.58. The van der Waals surface area contributed by atoms with Gasteiger partial charge in [0.05, 0.1) is 14.2 Å². The molecule has 0 saturated carbocycles. The van der Waals surface area contributed by atoms with E-state index in [0.717, 1.165) is 46.6 Å². The van der Waals surface area contributed by atoms with Crippen LogP contribution in [0.3, 0.4) is 0 Å². The zero-order valence-electron chi connectivity index (χ0n) is 14.0. The van der Waals surface area contributed by atoms with Crippen molar-refractivity contribution in [2.24, 2.45) is 0 Å². The Balaban J connectivity index is 1.98. The Labute approximate surface area is 136 Å². The lowest BCUT2D eigenvalue weighted by atomic mass is 9.92. The molecule has 1 heterocycles. The van der Waals surface area contributed by atoms with Gasteiger partial charge >= 0.3 is 0 Å². The van der Waals surface area contributed by atoms with Gasteiger partial charge in [-0.2, -0.15) is 0 Å². The van der Waals surface area contributed by atoms with E-state index < -0.39 is 0 Å². The Morgan fingerprint density at radius 3 is 2.35 bits per heavy atom. The second-order valence-electron chi connectivity index (χ2n) is 5.86. The van der Waals surface area contributed by atoms with Crippen LogP contribution in [0.15, 0.2) is 24.3 Å². The third-order valence-corrected chi connectivity index (χ3v) is 4.55. The molecule has 1 N–H and O–H groups in total. The second-order valence-corrected chi connectivity index (χ2v) is 5.86. The quantitative estimate of drug-likeness (QED) is 0.927. The van der Waals surface area contributed by atoms with E-state index >= 15 is 0 Å². The number of phenolic OH excluding ortho intramolecular Hbond substituents is 1. The molecule has 4 nitrogen and oxygen atoms in total. The average Bonchev–Trinajstić information content (AvgIpc) is 2.60. The first-order valence-corrected chi connectivity index (χ1v) is 7.76. The summed E-state index contributed by atoms with van der Waals surface area (Å²) in [5, 5.41) is 10.4. The first-order chi connectivity index (χ1) is 11.1. The summed E-state index contributed by atoms with van der Waals surface area (Å²) in [6, 6.07) is 7.92. The molecule has 1 aliphatic rings. The van der Waals surface area contributed by atoms with Gasteiger partial charge in [-0.3, -0.25) is 0 Å². The summed E-state index contributed by atoms with van der Waals surface area (Å²) < 4.78 is 16.9. The van der Waals surface area contributed by atoms with Gasteiger partial charge in [0.25, 0.3) is 0 Å². The number of methoxy groups -OCH3 is 2. The van der Waals surface area contributed by atoms with Crippen LogP contribution in [0, 0.1) is 13.8 Å². The van der Waals surface area contributed by atoms with E-state index in [2.05, 4.69) is 0 Å². The number of aromatic hydroxyl groups is 1. The molecular formula is C19H22O4. The van der Waals surface area contributed by atoms with Crippen LogP contribution in [-0.4, -0.2) is 19.3 Å². The molecule has 0 fully saturated rings. The monoisotopic (exact) mass is 314 g/mol. The smallest absolute Gasteiger partial charge is 0.133 e. The van der Waals surface area contributed by atoms with Crippen LogP contribution >= 0.6 is 0 Å². The molecule has 3 rings (SSSR count). The number of rotatable bonds is 3. The van der Waals surface area contributed by atoms with Crippen LogP contribution < -0.4 is 14.2 Å². The fourth-order valence-electron chi connectivity index (χ4n) is 3.28. The van der Waals surface area contributed by atoms with Gasteiger partial charge in [0, 0.05) is 16.7 Å². The molecule has 4 heteroatoms. The molecule has 0 bridgehead atoms. The Kier molecular flexibility index (Phi) is 4.07. The molecule has 1 aliphatic heterocycles. The molecule has 0 unspecified atom stereocenters. The highest BCUT2D eigenvalue weighted by molar-refractivity contribution is 5.62. The van der Waals surface area contributed by atoms with Gasteiger partial charge in [-0.15, -0.1) is 0 Å². The predicted molar refractivity (Wildman–Crippen MR) is 88.8 cm³/mol. The number of ether oxygens (including phenoxy) is 3. The maximum atomic E-state index is 10.4. The second kappa shape index (κ2) is 6.03. The normalized spacial score (nSPS) is 16.4. The van der Waals surface area contributed by atoms with Gasteiger partial charge in [0.1, 0.15) is 29.1 Å². The Morgan fingerprint density at radius 1 is 1.04 bits per heavy atom. The van der Waals surface area contributed by atoms with Gasteiger partial charge < -0.3 is 19.3 Å². The van der Waals surface area contributed by atoms with Crippen molar-refractivity contribution in [3.63, 3.8) is 0 Å². The molecule has 0 radical (unpaired) electrons. The molecule has 0 saturated heterocycles. The average molecular weight is 314 g/mol. The number of hydrogen-bond donors (Lipinski definition) is 1. The van der Waals surface area contributed by atoms with Crippen LogP contribution in [0.4, 0.5) is 0 Å². The fourth-order valence-corrected chi connectivity index (χ4v) is 3.28. The SMILES string of the molecule is COc1ccc([C@@H]2CCc3c(O)c(C)c(OC)c(C)c3O2)cc1. The highest BCUT2D eigenvalue weighted by Gasteiger charge is 2.28. The summed E-state index contributed by atoms with van der Waals surface area (Å²) >= 11 is 0. The lowest BCUT2D eigenvalue weighted by molar-refractivity contribution is 0.172. The molecule has 122 valence electrons. The van der Waals surface area contributed by atoms with Gasteiger partial charge in [-0.1, -0.05) is 12.1 Å². The maximum absolute atomic E-state index is 10.4. The minimum Gasteiger partial charge on any atom is -0.507 e. The lowest BCUT2D eigenvalue weighted by Gasteiger charge is -2.30. The predicted octanol–water partition coefficient (Wildman–Crippen LogP) is 4.09. The molecular weight excluding hydrogens is 292 g/mol. The van der Waals surface area contributed by atoms with Gasteiger partial charge in [-0.05, 0) is 44.4 Å². The van der Waals surface area contributed by atoms with E-state index in [1.165, 1.54) is 0 Å². The van der Waals surface area contributed by atoms with Gasteiger partial charge in [-0.25, -0.2) is 0 Å². The zero-order valence-corrected chi connectivity index (χ0v) is 14.0. The summed E-state index contributed by atoms with van der Waals surface area (Å²) in [6.45, 7) is 3.84. The lowest BCUT2D eigenvalue weighted by Crippen LogP contribution is -2.17. The van der Waals surface area contributed by atoms with E-state index in [4.69, 9.17) is 14.2 Å². The molecule has 0 aromatic heterocycles. The number of benzene rings is 2. The number of hydrogen-bond acceptors (Lipinski definition) is 4. The largest absolute Gasteiger partial charge is 0.507 e. The minimum atomic E-state index is -0.0288. The molecule has 1 atom stereocenters. The van der Waals surface area contributed by atoms with Crippen LogP contribution in [0.2, 0.25) is 0 Å². The number of fused-ring (bicyclic) bond motifs is 1. The summed E-state index contributed by atoms with van der Waals surface area (Å²) in [4.78, 5) is 0. The van der Waals surface area contributed by atoms with Gasteiger partial charge in [0.15, 0.2) is 0 Å². The van der Waals surface area contributed by atoms with E-state index in [9.17, 15) is 5.11 Å². The van der Waals surface area contributed by atoms with Crippen LogP contribution in [0.1, 0.15) is 34.8 Å². The standard InChI is InChI=1S/C19H22O4/c1-11-17(20)15-9-10-16(13-5-7-14(21-3)8-6-13)23-19(15)12(2)18(11)22-4/h5-8,16,20H,9-10H2,1-4H3/t16-/m0/s1. The van der Waals surface area contributed by atoms with Crippen LogP contribution in [-0.2, 0) is 6.42 Å². The topological polar surface area (TPSA) is 47.9 Å². The molecule has 0 aliphatic carbocycles. The van der Waals surface area contributed by atoms with E-state index in [1.807, 2.05) is 38.1 Å². The third kappa shape index (κ3) is 2.58. The molecule has 23 heavy (non-hydrogen) atoms. The van der Waals surface area contributed by atoms with Crippen molar-refractivity contribution in [2.75, 3.05) is 14.2 Å². The zero-order chi connectivity index (χ0) is 16.6. The number of phenols is 1. The molecule has 0 amide bonds. The van der Waals surface area contributed by atoms with Crippen molar-refractivity contribution in [2.45, 2.75) is 32.8 Å². The van der Waals surface area contributed by atoms with Crippen LogP contribution in [0.25, 0.3) is 0 Å².